The molecular formula is C18H22N2O4. The summed E-state index contributed by atoms with van der Waals surface area (Å²) in [6.45, 7) is 2.53. The second-order valence-electron chi connectivity index (χ2n) is 6.43. The minimum absolute atomic E-state index is 0.0147. The fraction of sp³-hybridized carbons (Fsp3) is 0.500. The van der Waals surface area contributed by atoms with Gasteiger partial charge in [-0.1, -0.05) is 0 Å². The summed E-state index contributed by atoms with van der Waals surface area (Å²) in [5.41, 5.74) is 2.06. The minimum Gasteiger partial charge on any atom is -0.452 e. The summed E-state index contributed by atoms with van der Waals surface area (Å²) in [5, 5.41) is 2.77. The quantitative estimate of drug-likeness (QED) is 0.862. The molecular weight excluding hydrogens is 308 g/mol. The fourth-order valence-electron chi connectivity index (χ4n) is 3.27. The number of aryl methyl sites for hydroxylation is 1. The first-order chi connectivity index (χ1) is 11.5. The highest BCUT2D eigenvalue weighted by molar-refractivity contribution is 5.96. The molecule has 1 fully saturated rings. The van der Waals surface area contributed by atoms with E-state index in [0.717, 1.165) is 37.1 Å². The SMILES string of the molecule is CC1CCCCN1C(=O)COC(=O)c1ccc2c(c1)CCC(=O)N2. The molecule has 2 amide bonds. The second-order valence-corrected chi connectivity index (χ2v) is 6.43. The Labute approximate surface area is 141 Å². The summed E-state index contributed by atoms with van der Waals surface area (Å²) in [7, 11) is 0. The number of carbonyl (C=O) groups is 3. The van der Waals surface area contributed by atoms with E-state index in [1.54, 1.807) is 23.1 Å². The number of anilines is 1. The van der Waals surface area contributed by atoms with Gasteiger partial charge in [-0.15, -0.1) is 0 Å². The van der Waals surface area contributed by atoms with Gasteiger partial charge in [0.1, 0.15) is 0 Å². The molecule has 6 heteroatoms. The van der Waals surface area contributed by atoms with E-state index < -0.39 is 5.97 Å². The van der Waals surface area contributed by atoms with Gasteiger partial charge in [-0.05, 0) is 56.4 Å². The molecule has 128 valence electrons. The van der Waals surface area contributed by atoms with E-state index in [0.29, 0.717) is 18.4 Å². The Kier molecular flexibility index (Phi) is 4.83. The first kappa shape index (κ1) is 16.5. The molecule has 1 unspecified atom stereocenters. The van der Waals surface area contributed by atoms with Gasteiger partial charge in [0.2, 0.25) is 5.91 Å². The van der Waals surface area contributed by atoms with Crippen LogP contribution in [0.4, 0.5) is 5.69 Å². The predicted octanol–water partition coefficient (Wildman–Crippen LogP) is 2.13. The van der Waals surface area contributed by atoms with Crippen LogP contribution < -0.4 is 5.32 Å². The summed E-state index contributed by atoms with van der Waals surface area (Å²) >= 11 is 0. The number of piperidine rings is 1. The van der Waals surface area contributed by atoms with Crippen LogP contribution in [0.3, 0.4) is 0 Å². The highest BCUT2D eigenvalue weighted by Crippen LogP contribution is 2.24. The number of nitrogens with one attached hydrogen (secondary N) is 1. The van der Waals surface area contributed by atoms with Gasteiger partial charge in [0.25, 0.3) is 5.91 Å². The zero-order chi connectivity index (χ0) is 17.1. The van der Waals surface area contributed by atoms with Crippen molar-refractivity contribution in [2.45, 2.75) is 45.1 Å². The lowest BCUT2D eigenvalue weighted by Gasteiger charge is -2.33. The molecule has 1 aromatic rings. The number of nitrogens with zero attached hydrogens (tertiary/aromatic N) is 1. The smallest absolute Gasteiger partial charge is 0.338 e. The Bertz CT molecular complexity index is 671. The van der Waals surface area contributed by atoms with Crippen molar-refractivity contribution < 1.29 is 19.1 Å². The molecule has 0 spiro atoms. The van der Waals surface area contributed by atoms with Crippen molar-refractivity contribution in [2.24, 2.45) is 0 Å². The van der Waals surface area contributed by atoms with Gasteiger partial charge in [0.05, 0.1) is 5.56 Å². The molecule has 2 heterocycles. The van der Waals surface area contributed by atoms with Crippen molar-refractivity contribution in [3.63, 3.8) is 0 Å². The Morgan fingerprint density at radius 2 is 2.12 bits per heavy atom. The monoisotopic (exact) mass is 330 g/mol. The molecule has 0 saturated carbocycles. The highest BCUT2D eigenvalue weighted by Gasteiger charge is 2.24. The van der Waals surface area contributed by atoms with Gasteiger partial charge < -0.3 is 15.0 Å². The maximum absolute atomic E-state index is 12.2. The predicted molar refractivity (Wildman–Crippen MR) is 88.7 cm³/mol. The summed E-state index contributed by atoms with van der Waals surface area (Å²) in [5.74, 6) is -0.660. The van der Waals surface area contributed by atoms with Crippen molar-refractivity contribution in [2.75, 3.05) is 18.5 Å². The molecule has 0 aliphatic carbocycles. The standard InChI is InChI=1S/C18H22N2O4/c1-12-4-2-3-9-20(12)17(22)11-24-18(23)14-5-7-15-13(10-14)6-8-16(21)19-15/h5,7,10,12H,2-4,6,8-9,11H2,1H3,(H,19,21). The van der Waals surface area contributed by atoms with Crippen molar-refractivity contribution in [1.29, 1.82) is 0 Å². The van der Waals surface area contributed by atoms with Gasteiger partial charge in [-0.25, -0.2) is 4.79 Å². The van der Waals surface area contributed by atoms with Crippen molar-refractivity contribution in [1.82, 2.24) is 4.90 Å². The van der Waals surface area contributed by atoms with Crippen LogP contribution >= 0.6 is 0 Å². The largest absolute Gasteiger partial charge is 0.452 e. The summed E-state index contributed by atoms with van der Waals surface area (Å²) in [4.78, 5) is 37.5. The van der Waals surface area contributed by atoms with Crippen LogP contribution in [0, 0.1) is 0 Å². The van der Waals surface area contributed by atoms with Gasteiger partial charge in [0, 0.05) is 24.7 Å². The maximum Gasteiger partial charge on any atom is 0.338 e. The number of amides is 2. The Morgan fingerprint density at radius 1 is 1.29 bits per heavy atom. The van der Waals surface area contributed by atoms with Gasteiger partial charge in [-0.3, -0.25) is 9.59 Å². The lowest BCUT2D eigenvalue weighted by atomic mass is 10.0. The Morgan fingerprint density at radius 3 is 2.92 bits per heavy atom. The van der Waals surface area contributed by atoms with Crippen LogP contribution in [0.15, 0.2) is 18.2 Å². The first-order valence-electron chi connectivity index (χ1n) is 8.44. The fourth-order valence-corrected chi connectivity index (χ4v) is 3.27. The lowest BCUT2D eigenvalue weighted by Crippen LogP contribution is -2.44. The van der Waals surface area contributed by atoms with Crippen LogP contribution in [0.25, 0.3) is 0 Å². The number of hydrogen-bond acceptors (Lipinski definition) is 4. The molecule has 3 rings (SSSR count). The van der Waals surface area contributed by atoms with Gasteiger partial charge in [0.15, 0.2) is 6.61 Å². The highest BCUT2D eigenvalue weighted by atomic mass is 16.5. The van der Waals surface area contributed by atoms with E-state index in [-0.39, 0.29) is 24.5 Å². The molecule has 2 aliphatic rings. The average molecular weight is 330 g/mol. The molecule has 0 aromatic heterocycles. The lowest BCUT2D eigenvalue weighted by molar-refractivity contribution is -0.137. The summed E-state index contributed by atoms with van der Waals surface area (Å²) in [6.07, 6.45) is 4.15. The first-order valence-corrected chi connectivity index (χ1v) is 8.44. The third kappa shape index (κ3) is 3.58. The molecule has 1 atom stereocenters. The van der Waals surface area contributed by atoms with E-state index in [1.165, 1.54) is 0 Å². The van der Waals surface area contributed by atoms with Crippen LogP contribution in [0.2, 0.25) is 0 Å². The molecule has 2 aliphatic heterocycles. The Balaban J connectivity index is 1.59. The molecule has 0 radical (unpaired) electrons. The van der Waals surface area contributed by atoms with Gasteiger partial charge >= 0.3 is 5.97 Å². The van der Waals surface area contributed by atoms with Crippen LogP contribution in [0.1, 0.15) is 48.5 Å². The number of ether oxygens (including phenoxy) is 1. The average Bonchev–Trinajstić information content (AvgIpc) is 2.59. The zero-order valence-electron chi connectivity index (χ0n) is 13.8. The number of benzene rings is 1. The molecule has 1 saturated heterocycles. The topological polar surface area (TPSA) is 75.7 Å². The summed E-state index contributed by atoms with van der Waals surface area (Å²) < 4.78 is 5.19. The number of likely N-dealkylation sites (tertiary alicyclic amines) is 1. The van der Waals surface area contributed by atoms with E-state index in [1.807, 2.05) is 6.92 Å². The van der Waals surface area contributed by atoms with Crippen molar-refractivity contribution in [3.05, 3.63) is 29.3 Å². The molecule has 24 heavy (non-hydrogen) atoms. The van der Waals surface area contributed by atoms with Gasteiger partial charge in [-0.2, -0.15) is 0 Å². The number of hydrogen-bond donors (Lipinski definition) is 1. The normalized spacial score (nSPS) is 20.1. The van der Waals surface area contributed by atoms with Crippen molar-refractivity contribution >= 4 is 23.5 Å². The number of rotatable bonds is 3. The Hall–Kier alpha value is -2.37. The number of esters is 1. The van der Waals surface area contributed by atoms with Crippen molar-refractivity contribution in [3.8, 4) is 0 Å². The molecule has 1 aromatic carbocycles. The van der Waals surface area contributed by atoms with Crippen LogP contribution in [-0.4, -0.2) is 41.9 Å². The third-order valence-corrected chi connectivity index (χ3v) is 4.69. The molecule has 6 nitrogen and oxygen atoms in total. The molecule has 1 N–H and O–H groups in total. The number of carbonyl (C=O) groups excluding carboxylic acids is 3. The van der Waals surface area contributed by atoms with E-state index in [9.17, 15) is 14.4 Å². The third-order valence-electron chi connectivity index (χ3n) is 4.69. The van der Waals surface area contributed by atoms with E-state index in [2.05, 4.69) is 5.32 Å². The molecule has 0 bridgehead atoms. The van der Waals surface area contributed by atoms with Crippen LogP contribution in [-0.2, 0) is 20.7 Å². The van der Waals surface area contributed by atoms with Crippen LogP contribution in [0.5, 0.6) is 0 Å². The second kappa shape index (κ2) is 7.03. The minimum atomic E-state index is -0.507. The maximum atomic E-state index is 12.2. The van der Waals surface area contributed by atoms with E-state index in [4.69, 9.17) is 4.74 Å². The number of fused-ring (bicyclic) bond motifs is 1. The summed E-state index contributed by atoms with van der Waals surface area (Å²) in [6, 6.07) is 5.25. The van der Waals surface area contributed by atoms with E-state index >= 15 is 0 Å². The zero-order valence-corrected chi connectivity index (χ0v) is 13.8.